The standard InChI is InChI=1S/C7H14/c1-6-4-7(2,3)5-6/h6H,4-5H2,1-3H3. The van der Waals surface area contributed by atoms with E-state index in [4.69, 9.17) is 0 Å². The lowest BCUT2D eigenvalue weighted by atomic mass is 9.65. The van der Waals surface area contributed by atoms with E-state index in [0.29, 0.717) is 5.41 Å². The van der Waals surface area contributed by atoms with Crippen molar-refractivity contribution in [3.8, 4) is 0 Å². The van der Waals surface area contributed by atoms with Gasteiger partial charge in [-0.05, 0) is 24.2 Å². The second-order valence-electron chi connectivity index (χ2n) is 3.68. The van der Waals surface area contributed by atoms with Gasteiger partial charge in [0.1, 0.15) is 0 Å². The van der Waals surface area contributed by atoms with Crippen LogP contribution in [0, 0.1) is 11.3 Å². The van der Waals surface area contributed by atoms with E-state index in [9.17, 15) is 0 Å². The first kappa shape index (κ1) is 5.14. The highest BCUT2D eigenvalue weighted by molar-refractivity contribution is 4.83. The van der Waals surface area contributed by atoms with Crippen LogP contribution in [-0.4, -0.2) is 0 Å². The van der Waals surface area contributed by atoms with Gasteiger partial charge in [-0.2, -0.15) is 0 Å². The molecule has 1 aliphatic rings. The zero-order chi connectivity index (χ0) is 5.49. The maximum Gasteiger partial charge on any atom is -0.0349 e. The summed E-state index contributed by atoms with van der Waals surface area (Å²) in [6.07, 6.45) is 2.88. The van der Waals surface area contributed by atoms with Crippen LogP contribution in [0.1, 0.15) is 33.6 Å². The SMILES string of the molecule is CC1CC(C)(C)C1. The Morgan fingerprint density at radius 3 is 1.71 bits per heavy atom. The minimum Gasteiger partial charge on any atom is -0.0625 e. The predicted octanol–water partition coefficient (Wildman–Crippen LogP) is 2.44. The molecule has 1 aliphatic carbocycles. The molecule has 0 heteroatoms. The Hall–Kier alpha value is 0. The van der Waals surface area contributed by atoms with Gasteiger partial charge in [-0.25, -0.2) is 0 Å². The van der Waals surface area contributed by atoms with Gasteiger partial charge in [0.2, 0.25) is 0 Å². The van der Waals surface area contributed by atoms with Crippen LogP contribution in [0.5, 0.6) is 0 Å². The van der Waals surface area contributed by atoms with Crippen LogP contribution in [0.25, 0.3) is 0 Å². The minimum atomic E-state index is 0.694. The van der Waals surface area contributed by atoms with Crippen molar-refractivity contribution in [2.45, 2.75) is 33.6 Å². The van der Waals surface area contributed by atoms with Crippen molar-refractivity contribution < 1.29 is 0 Å². The zero-order valence-corrected chi connectivity index (χ0v) is 5.49. The van der Waals surface area contributed by atoms with Gasteiger partial charge in [-0.1, -0.05) is 20.8 Å². The Morgan fingerprint density at radius 1 is 1.29 bits per heavy atom. The summed E-state index contributed by atoms with van der Waals surface area (Å²) in [5, 5.41) is 0. The molecule has 0 aromatic carbocycles. The van der Waals surface area contributed by atoms with Gasteiger partial charge in [0, 0.05) is 0 Å². The molecule has 0 N–H and O–H groups in total. The van der Waals surface area contributed by atoms with Crippen LogP contribution in [0.2, 0.25) is 0 Å². The summed E-state index contributed by atoms with van der Waals surface area (Å²) < 4.78 is 0. The van der Waals surface area contributed by atoms with Gasteiger partial charge in [0.05, 0.1) is 0 Å². The van der Waals surface area contributed by atoms with Crippen LogP contribution in [0.15, 0.2) is 0 Å². The molecule has 0 radical (unpaired) electrons. The third kappa shape index (κ3) is 0.960. The average molecular weight is 98.2 g/mol. The highest BCUT2D eigenvalue weighted by Crippen LogP contribution is 2.43. The molecule has 0 aliphatic heterocycles. The van der Waals surface area contributed by atoms with E-state index in [2.05, 4.69) is 20.8 Å². The Kier molecular flexibility index (Phi) is 0.911. The summed E-state index contributed by atoms with van der Waals surface area (Å²) in [6.45, 7) is 7.01. The summed E-state index contributed by atoms with van der Waals surface area (Å²) in [7, 11) is 0. The summed E-state index contributed by atoms with van der Waals surface area (Å²) in [5.74, 6) is 1.01. The van der Waals surface area contributed by atoms with Gasteiger partial charge in [0.25, 0.3) is 0 Å². The lowest BCUT2D eigenvalue weighted by Crippen LogP contribution is -2.29. The molecule has 0 saturated heterocycles. The first-order valence-electron chi connectivity index (χ1n) is 3.10. The van der Waals surface area contributed by atoms with Crippen molar-refractivity contribution in [2.24, 2.45) is 11.3 Å². The Balaban J connectivity index is 2.29. The maximum atomic E-state index is 2.34. The quantitative estimate of drug-likeness (QED) is 0.436. The monoisotopic (exact) mass is 98.1 g/mol. The molecule has 0 spiro atoms. The second-order valence-corrected chi connectivity index (χ2v) is 3.68. The topological polar surface area (TPSA) is 0 Å². The van der Waals surface area contributed by atoms with E-state index in [1.165, 1.54) is 12.8 Å². The molecule has 42 valence electrons. The van der Waals surface area contributed by atoms with E-state index < -0.39 is 0 Å². The van der Waals surface area contributed by atoms with Gasteiger partial charge >= 0.3 is 0 Å². The molecule has 0 atom stereocenters. The van der Waals surface area contributed by atoms with Gasteiger partial charge in [-0.15, -0.1) is 0 Å². The first-order valence-corrected chi connectivity index (χ1v) is 3.10. The van der Waals surface area contributed by atoms with Gasteiger partial charge in [0.15, 0.2) is 0 Å². The Bertz CT molecular complexity index is 64.1. The van der Waals surface area contributed by atoms with Crippen molar-refractivity contribution in [1.29, 1.82) is 0 Å². The summed E-state index contributed by atoms with van der Waals surface area (Å²) in [6, 6.07) is 0. The number of hydrogen-bond donors (Lipinski definition) is 0. The van der Waals surface area contributed by atoms with E-state index in [-0.39, 0.29) is 0 Å². The third-order valence-corrected chi connectivity index (χ3v) is 1.80. The molecule has 0 amide bonds. The number of rotatable bonds is 0. The van der Waals surface area contributed by atoms with Crippen molar-refractivity contribution in [3.63, 3.8) is 0 Å². The van der Waals surface area contributed by atoms with Gasteiger partial charge < -0.3 is 0 Å². The van der Waals surface area contributed by atoms with Gasteiger partial charge in [-0.3, -0.25) is 0 Å². The highest BCUT2D eigenvalue weighted by atomic mass is 14.4. The lowest BCUT2D eigenvalue weighted by molar-refractivity contribution is 0.111. The van der Waals surface area contributed by atoms with Crippen LogP contribution in [0.4, 0.5) is 0 Å². The van der Waals surface area contributed by atoms with Crippen molar-refractivity contribution in [3.05, 3.63) is 0 Å². The van der Waals surface area contributed by atoms with Crippen LogP contribution >= 0.6 is 0 Å². The van der Waals surface area contributed by atoms with Crippen LogP contribution in [-0.2, 0) is 0 Å². The molecule has 0 unspecified atom stereocenters. The fourth-order valence-electron chi connectivity index (χ4n) is 1.83. The average Bonchev–Trinajstić information content (AvgIpc) is 1.27. The second kappa shape index (κ2) is 1.24. The lowest BCUT2D eigenvalue weighted by Gasteiger charge is -2.40. The van der Waals surface area contributed by atoms with E-state index in [1.54, 1.807) is 0 Å². The predicted molar refractivity (Wildman–Crippen MR) is 32.2 cm³/mol. The maximum absolute atomic E-state index is 2.34. The summed E-state index contributed by atoms with van der Waals surface area (Å²) in [5.41, 5.74) is 0.694. The molecule has 0 bridgehead atoms. The molecule has 7 heavy (non-hydrogen) atoms. The first-order chi connectivity index (χ1) is 3.10. The fraction of sp³-hybridized carbons (Fsp3) is 1.00. The largest absolute Gasteiger partial charge is 0.0625 e. The Labute approximate surface area is 45.9 Å². The molecule has 1 rings (SSSR count). The Morgan fingerprint density at radius 2 is 1.71 bits per heavy atom. The summed E-state index contributed by atoms with van der Waals surface area (Å²) >= 11 is 0. The highest BCUT2D eigenvalue weighted by Gasteiger charge is 2.32. The fourth-order valence-corrected chi connectivity index (χ4v) is 1.83. The van der Waals surface area contributed by atoms with Crippen LogP contribution < -0.4 is 0 Å². The normalized spacial score (nSPS) is 29.6. The van der Waals surface area contributed by atoms with Crippen molar-refractivity contribution in [1.82, 2.24) is 0 Å². The van der Waals surface area contributed by atoms with Crippen molar-refractivity contribution in [2.75, 3.05) is 0 Å². The van der Waals surface area contributed by atoms with E-state index in [1.807, 2.05) is 0 Å². The molecule has 1 saturated carbocycles. The van der Waals surface area contributed by atoms with Crippen molar-refractivity contribution >= 4 is 0 Å². The number of hydrogen-bond acceptors (Lipinski definition) is 0. The molecule has 0 aromatic heterocycles. The van der Waals surface area contributed by atoms with E-state index >= 15 is 0 Å². The molecule has 0 aromatic rings. The third-order valence-electron chi connectivity index (χ3n) is 1.80. The molecule has 0 nitrogen and oxygen atoms in total. The van der Waals surface area contributed by atoms with E-state index in [0.717, 1.165) is 5.92 Å². The molecule has 0 heterocycles. The minimum absolute atomic E-state index is 0.694. The molecular formula is C7H14. The molecular weight excluding hydrogens is 84.1 g/mol. The van der Waals surface area contributed by atoms with Crippen LogP contribution in [0.3, 0.4) is 0 Å². The smallest absolute Gasteiger partial charge is 0.0349 e. The summed E-state index contributed by atoms with van der Waals surface area (Å²) in [4.78, 5) is 0. The molecule has 1 fully saturated rings. The zero-order valence-electron chi connectivity index (χ0n) is 5.49.